The molecule has 0 radical (unpaired) electrons. The predicted octanol–water partition coefficient (Wildman–Crippen LogP) is 4.29. The van der Waals surface area contributed by atoms with Crippen LogP contribution in [0.5, 0.6) is 11.5 Å². The second kappa shape index (κ2) is 7.14. The van der Waals surface area contributed by atoms with Gasteiger partial charge < -0.3 is 15.6 Å². The van der Waals surface area contributed by atoms with E-state index in [0.29, 0.717) is 30.6 Å². The summed E-state index contributed by atoms with van der Waals surface area (Å²) in [6, 6.07) is 3.93. The standard InChI is InChI=1S/C22H29NO2/c1-15-9-10-18-17(12-15)21-19(24)13-16(8-6-4-5-7-11-23)14-20(21)25-22(18,2)3/h9,13-14,17-18,24H,5,7-8,10-12,23H2,1-3H3. The lowest BCUT2D eigenvalue weighted by Gasteiger charge is -2.47. The third-order valence-electron chi connectivity index (χ3n) is 5.49. The van der Waals surface area contributed by atoms with E-state index in [-0.39, 0.29) is 5.60 Å². The topological polar surface area (TPSA) is 55.5 Å². The first-order valence-corrected chi connectivity index (χ1v) is 9.28. The zero-order valence-corrected chi connectivity index (χ0v) is 15.6. The van der Waals surface area contributed by atoms with E-state index < -0.39 is 0 Å². The fraction of sp³-hybridized carbons (Fsp3) is 0.545. The molecule has 0 fully saturated rings. The lowest BCUT2D eigenvalue weighted by Crippen LogP contribution is -2.45. The molecule has 1 aliphatic heterocycles. The highest BCUT2D eigenvalue weighted by atomic mass is 16.5. The number of phenols is 1. The normalized spacial score (nSPS) is 23.4. The smallest absolute Gasteiger partial charge is 0.127 e. The molecule has 0 bridgehead atoms. The van der Waals surface area contributed by atoms with Crippen LogP contribution in [0.2, 0.25) is 0 Å². The highest BCUT2D eigenvalue weighted by Crippen LogP contribution is 2.54. The first-order valence-electron chi connectivity index (χ1n) is 9.28. The summed E-state index contributed by atoms with van der Waals surface area (Å²) in [7, 11) is 0. The van der Waals surface area contributed by atoms with Crippen LogP contribution >= 0.6 is 0 Å². The molecule has 1 aliphatic carbocycles. The summed E-state index contributed by atoms with van der Waals surface area (Å²) in [5.74, 6) is 8.23. The Morgan fingerprint density at radius 3 is 2.88 bits per heavy atom. The van der Waals surface area contributed by atoms with Crippen molar-refractivity contribution in [3.8, 4) is 23.3 Å². The zero-order chi connectivity index (χ0) is 18.0. The molecule has 3 N–H and O–H groups in total. The molecule has 0 aromatic heterocycles. The Kier molecular flexibility index (Phi) is 5.11. The molecule has 1 heterocycles. The molecule has 0 saturated heterocycles. The molecular formula is C22H29NO2. The highest BCUT2D eigenvalue weighted by Gasteiger charge is 2.45. The molecule has 2 unspecified atom stereocenters. The molecule has 2 atom stereocenters. The van der Waals surface area contributed by atoms with E-state index in [0.717, 1.165) is 42.6 Å². The number of ether oxygens (including phenoxy) is 1. The highest BCUT2D eigenvalue weighted by molar-refractivity contribution is 5.53. The molecule has 0 amide bonds. The Hall–Kier alpha value is -1.92. The number of unbranched alkanes of at least 4 members (excludes halogenated alkanes) is 1. The minimum absolute atomic E-state index is 0.229. The van der Waals surface area contributed by atoms with Gasteiger partial charge in [0.15, 0.2) is 0 Å². The van der Waals surface area contributed by atoms with Crippen molar-refractivity contribution < 1.29 is 9.84 Å². The quantitative estimate of drug-likeness (QED) is 0.491. The average Bonchev–Trinajstić information content (AvgIpc) is 2.53. The number of aromatic hydroxyl groups is 1. The van der Waals surface area contributed by atoms with Gasteiger partial charge in [0, 0.05) is 30.2 Å². The molecule has 3 heteroatoms. The van der Waals surface area contributed by atoms with Gasteiger partial charge in [-0.3, -0.25) is 0 Å². The van der Waals surface area contributed by atoms with Crippen LogP contribution < -0.4 is 10.5 Å². The van der Waals surface area contributed by atoms with Crippen LogP contribution in [-0.4, -0.2) is 17.3 Å². The van der Waals surface area contributed by atoms with Crippen molar-refractivity contribution in [2.45, 2.75) is 64.4 Å². The second-order valence-corrected chi connectivity index (χ2v) is 7.86. The van der Waals surface area contributed by atoms with Crippen LogP contribution in [-0.2, 0) is 6.42 Å². The maximum Gasteiger partial charge on any atom is 0.127 e. The third-order valence-corrected chi connectivity index (χ3v) is 5.49. The lowest BCUT2D eigenvalue weighted by atomic mass is 9.67. The van der Waals surface area contributed by atoms with Gasteiger partial charge in [0.05, 0.1) is 0 Å². The minimum Gasteiger partial charge on any atom is -0.508 e. The number of phenolic OH excluding ortho intramolecular Hbond substituents is 1. The van der Waals surface area contributed by atoms with Gasteiger partial charge in [-0.15, -0.1) is 5.92 Å². The van der Waals surface area contributed by atoms with Gasteiger partial charge in [0.25, 0.3) is 0 Å². The molecule has 134 valence electrons. The molecule has 3 nitrogen and oxygen atoms in total. The van der Waals surface area contributed by atoms with Gasteiger partial charge in [-0.25, -0.2) is 0 Å². The van der Waals surface area contributed by atoms with Crippen LogP contribution in [0.3, 0.4) is 0 Å². The Morgan fingerprint density at radius 1 is 1.32 bits per heavy atom. The van der Waals surface area contributed by atoms with Crippen LogP contribution in [0.15, 0.2) is 23.8 Å². The number of benzene rings is 1. The number of hydrogen-bond donors (Lipinski definition) is 2. The summed E-state index contributed by atoms with van der Waals surface area (Å²) in [4.78, 5) is 0. The molecule has 1 aromatic rings. The first-order chi connectivity index (χ1) is 11.9. The summed E-state index contributed by atoms with van der Waals surface area (Å²) in [6.07, 6.45) is 6.71. The van der Waals surface area contributed by atoms with E-state index in [1.54, 1.807) is 0 Å². The fourth-order valence-electron chi connectivity index (χ4n) is 4.17. The Morgan fingerprint density at radius 2 is 2.12 bits per heavy atom. The molecule has 0 spiro atoms. The van der Waals surface area contributed by atoms with Crippen molar-refractivity contribution in [3.63, 3.8) is 0 Å². The number of hydrogen-bond acceptors (Lipinski definition) is 3. The summed E-state index contributed by atoms with van der Waals surface area (Å²) in [5.41, 5.74) is 8.65. The Balaban J connectivity index is 1.90. The number of allylic oxidation sites excluding steroid dienone is 2. The molecule has 25 heavy (non-hydrogen) atoms. The van der Waals surface area contributed by atoms with Gasteiger partial charge >= 0.3 is 0 Å². The second-order valence-electron chi connectivity index (χ2n) is 7.86. The summed E-state index contributed by atoms with van der Waals surface area (Å²) in [5, 5.41) is 10.7. The molecule has 0 saturated carbocycles. The lowest BCUT2D eigenvalue weighted by molar-refractivity contribution is 0.00754. The molecular weight excluding hydrogens is 310 g/mol. The van der Waals surface area contributed by atoms with Crippen LogP contribution in [0, 0.1) is 17.8 Å². The van der Waals surface area contributed by atoms with E-state index in [4.69, 9.17) is 10.5 Å². The van der Waals surface area contributed by atoms with Crippen molar-refractivity contribution in [2.24, 2.45) is 11.7 Å². The first kappa shape index (κ1) is 17.9. The third kappa shape index (κ3) is 3.70. The Labute approximate surface area is 151 Å². The van der Waals surface area contributed by atoms with Crippen molar-refractivity contribution >= 4 is 0 Å². The SMILES string of the molecule is CC1=CCC2C(C1)c1c(O)cc(CC#CCCCN)cc1OC2(C)C. The average molecular weight is 339 g/mol. The monoisotopic (exact) mass is 339 g/mol. The maximum atomic E-state index is 10.7. The van der Waals surface area contributed by atoms with Crippen molar-refractivity contribution in [1.82, 2.24) is 0 Å². The largest absolute Gasteiger partial charge is 0.508 e. The van der Waals surface area contributed by atoms with E-state index in [2.05, 4.69) is 44.8 Å². The van der Waals surface area contributed by atoms with Gasteiger partial charge in [-0.2, -0.15) is 0 Å². The predicted molar refractivity (Wildman–Crippen MR) is 102 cm³/mol. The summed E-state index contributed by atoms with van der Waals surface area (Å²) < 4.78 is 6.34. The van der Waals surface area contributed by atoms with Gasteiger partial charge in [-0.1, -0.05) is 17.6 Å². The number of fused-ring (bicyclic) bond motifs is 3. The summed E-state index contributed by atoms with van der Waals surface area (Å²) in [6.45, 7) is 7.19. The van der Waals surface area contributed by atoms with E-state index in [1.807, 2.05) is 6.07 Å². The van der Waals surface area contributed by atoms with Crippen molar-refractivity contribution in [2.75, 3.05) is 6.54 Å². The molecule has 3 rings (SSSR count). The fourth-order valence-corrected chi connectivity index (χ4v) is 4.17. The van der Waals surface area contributed by atoms with E-state index in [1.165, 1.54) is 5.57 Å². The van der Waals surface area contributed by atoms with Gasteiger partial charge in [0.2, 0.25) is 0 Å². The van der Waals surface area contributed by atoms with Crippen molar-refractivity contribution in [3.05, 3.63) is 34.9 Å². The van der Waals surface area contributed by atoms with Crippen molar-refractivity contribution in [1.29, 1.82) is 0 Å². The molecule has 1 aromatic carbocycles. The zero-order valence-electron chi connectivity index (χ0n) is 15.6. The van der Waals surface area contributed by atoms with Crippen LogP contribution in [0.25, 0.3) is 0 Å². The van der Waals surface area contributed by atoms with Crippen LogP contribution in [0.1, 0.15) is 63.5 Å². The van der Waals surface area contributed by atoms with E-state index >= 15 is 0 Å². The maximum absolute atomic E-state index is 10.7. The Bertz CT molecular complexity index is 736. The number of rotatable bonds is 3. The van der Waals surface area contributed by atoms with Gasteiger partial charge in [0.1, 0.15) is 17.1 Å². The minimum atomic E-state index is -0.229. The van der Waals surface area contributed by atoms with Gasteiger partial charge in [-0.05, 0) is 64.3 Å². The number of nitrogens with two attached hydrogens (primary N) is 1. The molecule has 2 aliphatic rings. The van der Waals surface area contributed by atoms with Crippen LogP contribution in [0.4, 0.5) is 0 Å². The van der Waals surface area contributed by atoms with E-state index in [9.17, 15) is 5.11 Å². The summed E-state index contributed by atoms with van der Waals surface area (Å²) >= 11 is 0.